The monoisotopic (exact) mass is 214 g/mol. The Morgan fingerprint density at radius 3 is 2.93 bits per heavy atom. The molecule has 2 atom stereocenters. The van der Waals surface area contributed by atoms with Gasteiger partial charge in [0.2, 0.25) is 0 Å². The van der Waals surface area contributed by atoms with Gasteiger partial charge in [-0.15, -0.1) is 0 Å². The minimum absolute atomic E-state index is 0.505. The van der Waals surface area contributed by atoms with E-state index in [1.54, 1.807) is 0 Å². The third-order valence-corrected chi connectivity index (χ3v) is 3.29. The molecule has 3 nitrogen and oxygen atoms in total. The van der Waals surface area contributed by atoms with Gasteiger partial charge in [-0.25, -0.2) is 0 Å². The van der Waals surface area contributed by atoms with Crippen LogP contribution in [0.3, 0.4) is 0 Å². The lowest BCUT2D eigenvalue weighted by atomic mass is 9.99. The summed E-state index contributed by atoms with van der Waals surface area (Å²) < 4.78 is 5.76. The topological polar surface area (TPSA) is 24.5 Å². The molecule has 0 radical (unpaired) electrons. The summed E-state index contributed by atoms with van der Waals surface area (Å²) in [5.74, 6) is 0. The average molecular weight is 214 g/mol. The number of hydrogen-bond donors (Lipinski definition) is 1. The van der Waals surface area contributed by atoms with Crippen LogP contribution < -0.4 is 5.32 Å². The van der Waals surface area contributed by atoms with Crippen LogP contribution in [0.2, 0.25) is 0 Å². The fraction of sp³-hybridized carbons (Fsp3) is 1.00. The minimum atomic E-state index is 0.505. The second kappa shape index (κ2) is 7.20. The molecular weight excluding hydrogens is 188 g/mol. The highest BCUT2D eigenvalue weighted by Crippen LogP contribution is 2.20. The van der Waals surface area contributed by atoms with Gasteiger partial charge in [-0.2, -0.15) is 0 Å². The molecule has 2 unspecified atom stereocenters. The number of nitrogens with one attached hydrogen (secondary N) is 1. The Kier molecular flexibility index (Phi) is 6.22. The highest BCUT2D eigenvalue weighted by atomic mass is 16.5. The van der Waals surface area contributed by atoms with E-state index in [9.17, 15) is 0 Å². The molecule has 90 valence electrons. The summed E-state index contributed by atoms with van der Waals surface area (Å²) in [5.41, 5.74) is 0. The molecule has 0 aromatic heterocycles. The number of likely N-dealkylation sites (N-methyl/N-ethyl adjacent to an activating group) is 2. The second-order valence-corrected chi connectivity index (χ2v) is 4.54. The van der Waals surface area contributed by atoms with Crippen molar-refractivity contribution in [3.63, 3.8) is 0 Å². The third kappa shape index (κ3) is 4.49. The van der Waals surface area contributed by atoms with Crippen LogP contribution in [0.15, 0.2) is 0 Å². The molecule has 1 saturated heterocycles. The highest BCUT2D eigenvalue weighted by Gasteiger charge is 2.24. The van der Waals surface area contributed by atoms with Crippen LogP contribution in [0.4, 0.5) is 0 Å². The zero-order valence-corrected chi connectivity index (χ0v) is 10.5. The average Bonchev–Trinajstić information content (AvgIpc) is 2.27. The maximum atomic E-state index is 5.76. The minimum Gasteiger partial charge on any atom is -0.378 e. The summed E-state index contributed by atoms with van der Waals surface area (Å²) in [6.45, 7) is 5.39. The summed E-state index contributed by atoms with van der Waals surface area (Å²) in [5, 5.41) is 3.20. The lowest BCUT2D eigenvalue weighted by Crippen LogP contribution is -2.42. The molecule has 0 saturated carbocycles. The molecule has 15 heavy (non-hydrogen) atoms. The van der Waals surface area contributed by atoms with E-state index in [1.807, 2.05) is 7.05 Å². The molecule has 0 aromatic carbocycles. The van der Waals surface area contributed by atoms with Gasteiger partial charge >= 0.3 is 0 Å². The smallest absolute Gasteiger partial charge is 0.0590 e. The van der Waals surface area contributed by atoms with Gasteiger partial charge in [0, 0.05) is 25.7 Å². The maximum Gasteiger partial charge on any atom is 0.0590 e. The Hall–Kier alpha value is -0.120. The van der Waals surface area contributed by atoms with Gasteiger partial charge in [0.25, 0.3) is 0 Å². The fourth-order valence-corrected chi connectivity index (χ4v) is 2.25. The van der Waals surface area contributed by atoms with E-state index in [4.69, 9.17) is 4.74 Å². The quantitative estimate of drug-likeness (QED) is 0.725. The summed E-state index contributed by atoms with van der Waals surface area (Å²) in [4.78, 5) is 2.47. The fourth-order valence-electron chi connectivity index (χ4n) is 2.25. The zero-order valence-electron chi connectivity index (χ0n) is 10.5. The summed E-state index contributed by atoms with van der Waals surface area (Å²) >= 11 is 0. The van der Waals surface area contributed by atoms with Crippen LogP contribution in [0.1, 0.15) is 32.6 Å². The molecule has 0 aliphatic carbocycles. The summed E-state index contributed by atoms with van der Waals surface area (Å²) in [6, 6.07) is 0.726. The molecule has 1 fully saturated rings. The van der Waals surface area contributed by atoms with Gasteiger partial charge in [0.15, 0.2) is 0 Å². The van der Waals surface area contributed by atoms with Crippen LogP contribution in [-0.4, -0.2) is 50.8 Å². The van der Waals surface area contributed by atoms with Crippen molar-refractivity contribution in [1.82, 2.24) is 10.2 Å². The van der Waals surface area contributed by atoms with Crippen molar-refractivity contribution in [3.05, 3.63) is 0 Å². The van der Waals surface area contributed by atoms with Crippen molar-refractivity contribution in [1.29, 1.82) is 0 Å². The van der Waals surface area contributed by atoms with Crippen LogP contribution in [-0.2, 0) is 4.74 Å². The Morgan fingerprint density at radius 2 is 2.27 bits per heavy atom. The Balaban J connectivity index is 2.27. The molecule has 1 aliphatic heterocycles. The van der Waals surface area contributed by atoms with Crippen LogP contribution >= 0.6 is 0 Å². The van der Waals surface area contributed by atoms with E-state index in [1.165, 1.54) is 25.7 Å². The summed E-state index contributed by atoms with van der Waals surface area (Å²) in [7, 11) is 4.24. The van der Waals surface area contributed by atoms with Crippen molar-refractivity contribution >= 4 is 0 Å². The molecule has 0 amide bonds. The first kappa shape index (κ1) is 12.9. The number of nitrogens with zero attached hydrogens (tertiary/aromatic N) is 1. The van der Waals surface area contributed by atoms with Crippen molar-refractivity contribution in [2.45, 2.75) is 44.8 Å². The first-order chi connectivity index (χ1) is 7.27. The molecular formula is C12H26N2O. The van der Waals surface area contributed by atoms with Gasteiger partial charge in [-0.3, -0.25) is 0 Å². The molecule has 0 spiro atoms. The molecule has 0 bridgehead atoms. The van der Waals surface area contributed by atoms with E-state index in [0.29, 0.717) is 6.10 Å². The normalized spacial score (nSPS) is 27.2. The lowest BCUT2D eigenvalue weighted by Gasteiger charge is -2.35. The van der Waals surface area contributed by atoms with Gasteiger partial charge in [-0.1, -0.05) is 13.3 Å². The van der Waals surface area contributed by atoms with Gasteiger partial charge in [-0.05, 0) is 33.4 Å². The number of hydrogen-bond acceptors (Lipinski definition) is 3. The standard InChI is InChI=1S/C12H26N2O/c1-4-5-12-10-11(6-9-15-12)14(3)8-7-13-2/h11-13H,4-10H2,1-3H3. The van der Waals surface area contributed by atoms with Crippen molar-refractivity contribution in [3.8, 4) is 0 Å². The third-order valence-electron chi connectivity index (χ3n) is 3.29. The van der Waals surface area contributed by atoms with Crippen molar-refractivity contribution in [2.24, 2.45) is 0 Å². The molecule has 1 aliphatic rings. The molecule has 0 aromatic rings. The van der Waals surface area contributed by atoms with E-state index in [-0.39, 0.29) is 0 Å². The number of ether oxygens (including phenoxy) is 1. The SMILES string of the molecule is CCCC1CC(N(C)CCNC)CCO1. The predicted octanol–water partition coefficient (Wildman–Crippen LogP) is 1.49. The van der Waals surface area contributed by atoms with E-state index in [2.05, 4.69) is 24.2 Å². The van der Waals surface area contributed by atoms with Crippen molar-refractivity contribution in [2.75, 3.05) is 33.8 Å². The maximum absolute atomic E-state index is 5.76. The highest BCUT2D eigenvalue weighted by molar-refractivity contribution is 4.78. The summed E-state index contributed by atoms with van der Waals surface area (Å²) in [6.07, 6.45) is 5.37. The van der Waals surface area contributed by atoms with E-state index in [0.717, 1.165) is 25.7 Å². The molecule has 1 N–H and O–H groups in total. The van der Waals surface area contributed by atoms with Crippen LogP contribution in [0, 0.1) is 0 Å². The molecule has 3 heteroatoms. The zero-order chi connectivity index (χ0) is 11.1. The lowest BCUT2D eigenvalue weighted by molar-refractivity contribution is -0.0254. The first-order valence-corrected chi connectivity index (χ1v) is 6.24. The Morgan fingerprint density at radius 1 is 1.47 bits per heavy atom. The first-order valence-electron chi connectivity index (χ1n) is 6.24. The van der Waals surface area contributed by atoms with Gasteiger partial charge in [0.1, 0.15) is 0 Å². The molecule has 1 rings (SSSR count). The molecule has 1 heterocycles. The van der Waals surface area contributed by atoms with Crippen LogP contribution in [0.25, 0.3) is 0 Å². The van der Waals surface area contributed by atoms with E-state index < -0.39 is 0 Å². The van der Waals surface area contributed by atoms with E-state index >= 15 is 0 Å². The second-order valence-electron chi connectivity index (χ2n) is 4.54. The number of rotatable bonds is 6. The predicted molar refractivity (Wildman–Crippen MR) is 64.2 cm³/mol. The van der Waals surface area contributed by atoms with Gasteiger partial charge in [0.05, 0.1) is 6.10 Å². The Labute approximate surface area is 94.2 Å². The van der Waals surface area contributed by atoms with Gasteiger partial charge < -0.3 is 15.0 Å². The van der Waals surface area contributed by atoms with Crippen molar-refractivity contribution < 1.29 is 4.74 Å². The van der Waals surface area contributed by atoms with Crippen LogP contribution in [0.5, 0.6) is 0 Å². The Bertz CT molecular complexity index is 162. The largest absolute Gasteiger partial charge is 0.378 e.